The summed E-state index contributed by atoms with van der Waals surface area (Å²) < 4.78 is 42.5. The third-order valence-corrected chi connectivity index (χ3v) is 7.94. The number of nitrogens with zero attached hydrogens (tertiary/aromatic N) is 3. The molecule has 0 aromatic heterocycles. The van der Waals surface area contributed by atoms with Gasteiger partial charge in [0.25, 0.3) is 0 Å². The van der Waals surface area contributed by atoms with Crippen LogP contribution in [0, 0.1) is 11.3 Å². The first-order valence-electron chi connectivity index (χ1n) is 12.0. The molecule has 0 aromatic rings. The van der Waals surface area contributed by atoms with Crippen molar-refractivity contribution in [2.75, 3.05) is 45.9 Å². The van der Waals surface area contributed by atoms with Gasteiger partial charge >= 0.3 is 18.3 Å². The van der Waals surface area contributed by atoms with Crippen LogP contribution in [0.1, 0.15) is 51.9 Å². The van der Waals surface area contributed by atoms with E-state index in [0.717, 1.165) is 71.1 Å². The van der Waals surface area contributed by atoms with Gasteiger partial charge in [-0.3, -0.25) is 0 Å². The zero-order valence-corrected chi connectivity index (χ0v) is 18.8. The van der Waals surface area contributed by atoms with Crippen LogP contribution in [0.3, 0.4) is 0 Å². The first-order chi connectivity index (χ1) is 15.2. The Hall–Kier alpha value is -1.71. The van der Waals surface area contributed by atoms with Crippen LogP contribution < -0.4 is 5.32 Å². The second-order valence-corrected chi connectivity index (χ2v) is 9.98. The normalized spacial score (nSPS) is 31.8. The van der Waals surface area contributed by atoms with Gasteiger partial charge in [0.1, 0.15) is 6.54 Å². The summed E-state index contributed by atoms with van der Waals surface area (Å²) in [6.07, 6.45) is 2.37. The average Bonchev–Trinajstić information content (AvgIpc) is 3.38. The number of carbonyl (C=O) groups excluding carboxylic acids is 2. The molecular weight excluding hydrogens is 425 g/mol. The molecule has 1 N–H and O–H groups in total. The summed E-state index contributed by atoms with van der Waals surface area (Å²) in [5.74, 6) is 0.352. The average molecular weight is 461 g/mol. The van der Waals surface area contributed by atoms with E-state index in [1.807, 2.05) is 17.1 Å². The van der Waals surface area contributed by atoms with Crippen LogP contribution in [0.25, 0.3) is 0 Å². The van der Waals surface area contributed by atoms with Crippen molar-refractivity contribution in [3.8, 4) is 0 Å². The van der Waals surface area contributed by atoms with E-state index in [0.29, 0.717) is 25.1 Å². The van der Waals surface area contributed by atoms with Crippen molar-refractivity contribution in [1.82, 2.24) is 20.0 Å². The topological polar surface area (TPSA) is 65.1 Å². The fourth-order valence-corrected chi connectivity index (χ4v) is 6.32. The molecule has 3 heterocycles. The first-order valence-corrected chi connectivity index (χ1v) is 12.0. The molecule has 1 unspecified atom stereocenters. The van der Waals surface area contributed by atoms with Crippen LogP contribution in [-0.2, 0) is 4.74 Å². The van der Waals surface area contributed by atoms with Crippen LogP contribution in [-0.4, -0.2) is 91.0 Å². The number of nitrogens with one attached hydrogen (secondary N) is 1. The Balaban J connectivity index is 1.21. The zero-order chi connectivity index (χ0) is 22.9. The molecule has 7 nitrogen and oxygen atoms in total. The molecule has 3 amide bonds. The monoisotopic (exact) mass is 460 g/mol. The molecule has 1 aliphatic carbocycles. The minimum Gasteiger partial charge on any atom is -0.450 e. The summed E-state index contributed by atoms with van der Waals surface area (Å²) in [4.78, 5) is 30.3. The third kappa shape index (κ3) is 5.10. The second-order valence-electron chi connectivity index (χ2n) is 9.98. The molecular formula is C22H35F3N4O3. The van der Waals surface area contributed by atoms with Gasteiger partial charge in [0.2, 0.25) is 0 Å². The van der Waals surface area contributed by atoms with Gasteiger partial charge in [0.05, 0.1) is 6.61 Å². The second kappa shape index (κ2) is 9.27. The van der Waals surface area contributed by atoms with Crippen molar-refractivity contribution in [2.45, 2.75) is 70.1 Å². The number of likely N-dealkylation sites (tertiary alicyclic amines) is 3. The number of halogens is 3. The minimum atomic E-state index is -4.39. The lowest BCUT2D eigenvalue weighted by molar-refractivity contribution is -0.123. The fourth-order valence-electron chi connectivity index (χ4n) is 6.32. The smallest absolute Gasteiger partial charge is 0.409 e. The molecule has 1 atom stereocenters. The van der Waals surface area contributed by atoms with Crippen LogP contribution in [0.15, 0.2) is 0 Å². The number of urea groups is 1. The molecule has 3 saturated heterocycles. The number of alkyl halides is 3. The lowest BCUT2D eigenvalue weighted by Gasteiger charge is -2.52. The molecule has 0 aromatic carbocycles. The number of ether oxygens (including phenoxy) is 1. The van der Waals surface area contributed by atoms with E-state index in [4.69, 9.17) is 4.74 Å². The van der Waals surface area contributed by atoms with E-state index in [2.05, 4.69) is 4.90 Å². The highest BCUT2D eigenvalue weighted by molar-refractivity contribution is 5.75. The Bertz CT molecular complexity index is 690. The predicted octanol–water partition coefficient (Wildman–Crippen LogP) is 3.45. The highest BCUT2D eigenvalue weighted by Gasteiger charge is 2.51. The summed E-state index contributed by atoms with van der Waals surface area (Å²) in [5.41, 5.74) is 0.243. The Kier molecular flexibility index (Phi) is 6.79. The van der Waals surface area contributed by atoms with Crippen LogP contribution in [0.4, 0.5) is 22.8 Å². The summed E-state index contributed by atoms with van der Waals surface area (Å²) in [5, 5.41) is 2.04. The van der Waals surface area contributed by atoms with E-state index in [9.17, 15) is 22.8 Å². The van der Waals surface area contributed by atoms with Gasteiger partial charge in [-0.2, -0.15) is 13.2 Å². The van der Waals surface area contributed by atoms with Gasteiger partial charge in [-0.05, 0) is 76.3 Å². The van der Waals surface area contributed by atoms with Crippen molar-refractivity contribution in [3.05, 3.63) is 0 Å². The van der Waals surface area contributed by atoms with Crippen molar-refractivity contribution in [2.24, 2.45) is 11.3 Å². The van der Waals surface area contributed by atoms with Gasteiger partial charge in [-0.25, -0.2) is 9.59 Å². The third-order valence-electron chi connectivity index (χ3n) is 7.94. The molecule has 32 heavy (non-hydrogen) atoms. The predicted molar refractivity (Wildman–Crippen MR) is 112 cm³/mol. The van der Waals surface area contributed by atoms with Gasteiger partial charge in [0, 0.05) is 31.7 Å². The highest BCUT2D eigenvalue weighted by Crippen LogP contribution is 2.51. The Morgan fingerprint density at radius 3 is 2.47 bits per heavy atom. The van der Waals surface area contributed by atoms with E-state index in [-0.39, 0.29) is 17.6 Å². The number of rotatable bonds is 4. The maximum atomic E-state index is 12.5. The van der Waals surface area contributed by atoms with Gasteiger partial charge in [-0.1, -0.05) is 0 Å². The summed E-state index contributed by atoms with van der Waals surface area (Å²) in [6, 6.07) is 0.0134. The largest absolute Gasteiger partial charge is 0.450 e. The highest BCUT2D eigenvalue weighted by atomic mass is 19.4. The number of amides is 3. The lowest BCUT2D eigenvalue weighted by atomic mass is 9.64. The maximum Gasteiger partial charge on any atom is 0.409 e. The number of hydrogen-bond acceptors (Lipinski definition) is 4. The van der Waals surface area contributed by atoms with E-state index in [1.54, 1.807) is 4.90 Å². The molecule has 182 valence electrons. The molecule has 4 rings (SSSR count). The Morgan fingerprint density at radius 1 is 1.09 bits per heavy atom. The standard InChI is InChI=1S/C22H35F3N4O3/c1-2-32-20(31)28-11-7-21(15-28)12-17(13-21)27-9-5-16(6-10-27)18-4-3-8-29(18)19(30)26-14-22(23,24)25/h16-18H,2-15H2,1H3,(H,26,30). The molecule has 10 heteroatoms. The van der Waals surface area contributed by atoms with Crippen molar-refractivity contribution in [1.29, 1.82) is 0 Å². The van der Waals surface area contributed by atoms with Crippen LogP contribution in [0.2, 0.25) is 0 Å². The number of piperidine rings is 1. The Morgan fingerprint density at radius 2 is 1.81 bits per heavy atom. The number of carbonyl (C=O) groups is 2. The SMILES string of the molecule is CCOC(=O)N1CCC2(CC(N3CCC(C4CCCN4C(=O)NCC(F)(F)F)CC3)C2)C1. The minimum absolute atomic E-state index is 0.0473. The number of hydrogen-bond donors (Lipinski definition) is 1. The van der Waals surface area contributed by atoms with Crippen LogP contribution >= 0.6 is 0 Å². The quantitative estimate of drug-likeness (QED) is 0.698. The molecule has 0 radical (unpaired) electrons. The summed E-state index contributed by atoms with van der Waals surface area (Å²) in [6.45, 7) is 5.02. The maximum absolute atomic E-state index is 12.5. The summed E-state index contributed by atoms with van der Waals surface area (Å²) >= 11 is 0. The van der Waals surface area contributed by atoms with Crippen molar-refractivity contribution in [3.63, 3.8) is 0 Å². The molecule has 1 saturated carbocycles. The molecule has 1 spiro atoms. The van der Waals surface area contributed by atoms with Gasteiger partial charge in [0.15, 0.2) is 0 Å². The lowest BCUT2D eigenvalue weighted by Crippen LogP contribution is -2.55. The van der Waals surface area contributed by atoms with E-state index < -0.39 is 18.8 Å². The first kappa shape index (κ1) is 23.4. The molecule has 3 aliphatic heterocycles. The zero-order valence-electron chi connectivity index (χ0n) is 18.8. The molecule has 0 bridgehead atoms. The Labute approximate surface area is 187 Å². The van der Waals surface area contributed by atoms with Gasteiger partial charge in [-0.15, -0.1) is 0 Å². The van der Waals surface area contributed by atoms with Crippen molar-refractivity contribution >= 4 is 12.1 Å². The van der Waals surface area contributed by atoms with E-state index >= 15 is 0 Å². The van der Waals surface area contributed by atoms with Crippen molar-refractivity contribution < 1.29 is 27.5 Å². The molecule has 4 aliphatic rings. The van der Waals surface area contributed by atoms with Crippen LogP contribution in [0.5, 0.6) is 0 Å². The fraction of sp³-hybridized carbons (Fsp3) is 0.909. The van der Waals surface area contributed by atoms with Gasteiger partial charge < -0.3 is 24.8 Å². The van der Waals surface area contributed by atoms with E-state index in [1.165, 1.54) is 0 Å². The molecule has 4 fully saturated rings. The summed E-state index contributed by atoms with van der Waals surface area (Å²) in [7, 11) is 0.